The van der Waals surface area contributed by atoms with Crippen molar-refractivity contribution in [1.82, 2.24) is 9.97 Å². The maximum atomic E-state index is 12.9. The minimum atomic E-state index is -0.309. The van der Waals surface area contributed by atoms with Crippen molar-refractivity contribution in [3.8, 4) is 11.3 Å². The SMILES string of the molecule is OCc1cc(-c2cccc(F)c2)ncn1. The average molecular weight is 204 g/mol. The zero-order valence-electron chi connectivity index (χ0n) is 7.89. The molecule has 0 amide bonds. The fourth-order valence-corrected chi connectivity index (χ4v) is 1.29. The van der Waals surface area contributed by atoms with E-state index in [1.807, 2.05) is 0 Å². The smallest absolute Gasteiger partial charge is 0.123 e. The summed E-state index contributed by atoms with van der Waals surface area (Å²) >= 11 is 0. The van der Waals surface area contributed by atoms with E-state index in [2.05, 4.69) is 9.97 Å². The summed E-state index contributed by atoms with van der Waals surface area (Å²) in [6.07, 6.45) is 1.35. The predicted octanol–water partition coefficient (Wildman–Crippen LogP) is 1.77. The van der Waals surface area contributed by atoms with Crippen LogP contribution in [0.1, 0.15) is 5.69 Å². The first-order chi connectivity index (χ1) is 7.29. The standard InChI is InChI=1S/C11H9FN2O/c12-9-3-1-2-8(4-9)11-5-10(6-15)13-7-14-11/h1-5,7,15H,6H2. The molecule has 1 heterocycles. The van der Waals surface area contributed by atoms with Crippen molar-refractivity contribution in [3.05, 3.63) is 48.2 Å². The number of nitrogens with zero attached hydrogens (tertiary/aromatic N) is 2. The Hall–Kier alpha value is -1.81. The molecular formula is C11H9FN2O. The van der Waals surface area contributed by atoms with Gasteiger partial charge in [-0.1, -0.05) is 12.1 Å². The van der Waals surface area contributed by atoms with Crippen LogP contribution in [-0.2, 0) is 6.61 Å². The van der Waals surface area contributed by atoms with Gasteiger partial charge in [0.2, 0.25) is 0 Å². The summed E-state index contributed by atoms with van der Waals surface area (Å²) in [5.74, 6) is -0.309. The first-order valence-electron chi connectivity index (χ1n) is 4.47. The van der Waals surface area contributed by atoms with E-state index in [1.165, 1.54) is 18.5 Å². The van der Waals surface area contributed by atoms with Crippen LogP contribution in [0.25, 0.3) is 11.3 Å². The van der Waals surface area contributed by atoms with Crippen LogP contribution >= 0.6 is 0 Å². The van der Waals surface area contributed by atoms with Crippen molar-refractivity contribution < 1.29 is 9.50 Å². The third-order valence-corrected chi connectivity index (χ3v) is 2.01. The summed E-state index contributed by atoms with van der Waals surface area (Å²) < 4.78 is 12.9. The molecule has 3 nitrogen and oxygen atoms in total. The summed E-state index contributed by atoms with van der Waals surface area (Å²) in [7, 11) is 0. The van der Waals surface area contributed by atoms with E-state index in [-0.39, 0.29) is 12.4 Å². The third kappa shape index (κ3) is 2.16. The van der Waals surface area contributed by atoms with Crippen LogP contribution in [0.3, 0.4) is 0 Å². The van der Waals surface area contributed by atoms with E-state index in [1.54, 1.807) is 18.2 Å². The monoisotopic (exact) mass is 204 g/mol. The van der Waals surface area contributed by atoms with Crippen molar-refractivity contribution in [2.24, 2.45) is 0 Å². The molecule has 0 bridgehead atoms. The molecule has 4 heteroatoms. The van der Waals surface area contributed by atoms with Crippen molar-refractivity contribution in [2.45, 2.75) is 6.61 Å². The van der Waals surface area contributed by atoms with Crippen LogP contribution in [0.4, 0.5) is 4.39 Å². The van der Waals surface area contributed by atoms with Crippen molar-refractivity contribution in [1.29, 1.82) is 0 Å². The Bertz CT molecular complexity index is 474. The topological polar surface area (TPSA) is 46.0 Å². The number of halogens is 1. The van der Waals surface area contributed by atoms with Crippen LogP contribution in [0.2, 0.25) is 0 Å². The second-order valence-corrected chi connectivity index (χ2v) is 3.06. The highest BCUT2D eigenvalue weighted by Crippen LogP contribution is 2.17. The molecule has 2 aromatic rings. The Labute approximate surface area is 86.3 Å². The number of aliphatic hydroxyl groups is 1. The van der Waals surface area contributed by atoms with Crippen LogP contribution in [0.5, 0.6) is 0 Å². The fraction of sp³-hybridized carbons (Fsp3) is 0.0909. The molecule has 0 unspecified atom stereocenters. The molecule has 1 aromatic carbocycles. The molecule has 0 aliphatic rings. The minimum absolute atomic E-state index is 0.148. The lowest BCUT2D eigenvalue weighted by atomic mass is 10.1. The summed E-state index contributed by atoms with van der Waals surface area (Å²) in [5, 5.41) is 8.90. The molecule has 0 radical (unpaired) electrons. The summed E-state index contributed by atoms with van der Waals surface area (Å²) in [6, 6.07) is 7.77. The molecular weight excluding hydrogens is 195 g/mol. The Balaban J connectivity index is 2.44. The maximum Gasteiger partial charge on any atom is 0.123 e. The van der Waals surface area contributed by atoms with E-state index < -0.39 is 0 Å². The van der Waals surface area contributed by atoms with E-state index in [0.717, 1.165) is 0 Å². The Morgan fingerprint density at radius 3 is 2.80 bits per heavy atom. The summed E-state index contributed by atoms with van der Waals surface area (Å²) in [6.45, 7) is -0.148. The fourth-order valence-electron chi connectivity index (χ4n) is 1.29. The first-order valence-corrected chi connectivity index (χ1v) is 4.47. The van der Waals surface area contributed by atoms with Crippen molar-refractivity contribution in [3.63, 3.8) is 0 Å². The number of rotatable bonds is 2. The van der Waals surface area contributed by atoms with Crippen LogP contribution in [0.15, 0.2) is 36.7 Å². The molecule has 76 valence electrons. The lowest BCUT2D eigenvalue weighted by molar-refractivity contribution is 0.276. The number of hydrogen-bond donors (Lipinski definition) is 1. The normalized spacial score (nSPS) is 10.3. The summed E-state index contributed by atoms with van der Waals surface area (Å²) in [4.78, 5) is 7.86. The quantitative estimate of drug-likeness (QED) is 0.810. The number of aliphatic hydroxyl groups excluding tert-OH is 1. The molecule has 0 spiro atoms. The zero-order chi connectivity index (χ0) is 10.7. The lowest BCUT2D eigenvalue weighted by Gasteiger charge is -2.01. The lowest BCUT2D eigenvalue weighted by Crippen LogP contribution is -1.92. The van der Waals surface area contributed by atoms with E-state index in [0.29, 0.717) is 17.0 Å². The second-order valence-electron chi connectivity index (χ2n) is 3.06. The van der Waals surface area contributed by atoms with Gasteiger partial charge in [-0.25, -0.2) is 14.4 Å². The molecule has 0 saturated carbocycles. The second kappa shape index (κ2) is 4.14. The van der Waals surface area contributed by atoms with Gasteiger partial charge in [-0.15, -0.1) is 0 Å². The number of hydrogen-bond acceptors (Lipinski definition) is 3. The van der Waals surface area contributed by atoms with Gasteiger partial charge in [0.1, 0.15) is 12.1 Å². The van der Waals surface area contributed by atoms with E-state index in [4.69, 9.17) is 5.11 Å². The van der Waals surface area contributed by atoms with E-state index >= 15 is 0 Å². The van der Waals surface area contributed by atoms with Gasteiger partial charge in [0.25, 0.3) is 0 Å². The van der Waals surface area contributed by atoms with Gasteiger partial charge in [-0.2, -0.15) is 0 Å². The largest absolute Gasteiger partial charge is 0.390 e. The molecule has 2 rings (SSSR count). The molecule has 0 fully saturated rings. The van der Waals surface area contributed by atoms with Gasteiger partial charge in [0.15, 0.2) is 0 Å². The van der Waals surface area contributed by atoms with Gasteiger partial charge in [0, 0.05) is 5.56 Å². The Morgan fingerprint density at radius 2 is 2.07 bits per heavy atom. The van der Waals surface area contributed by atoms with Gasteiger partial charge in [-0.3, -0.25) is 0 Å². The zero-order valence-corrected chi connectivity index (χ0v) is 7.89. The minimum Gasteiger partial charge on any atom is -0.390 e. The predicted molar refractivity (Wildman–Crippen MR) is 53.3 cm³/mol. The van der Waals surface area contributed by atoms with Crippen LogP contribution in [0, 0.1) is 5.82 Å². The van der Waals surface area contributed by atoms with Gasteiger partial charge < -0.3 is 5.11 Å². The molecule has 0 aliphatic heterocycles. The average Bonchev–Trinajstić information content (AvgIpc) is 2.29. The van der Waals surface area contributed by atoms with Crippen molar-refractivity contribution >= 4 is 0 Å². The highest BCUT2D eigenvalue weighted by molar-refractivity contribution is 5.58. The van der Waals surface area contributed by atoms with Crippen LogP contribution < -0.4 is 0 Å². The highest BCUT2D eigenvalue weighted by Gasteiger charge is 2.02. The molecule has 0 saturated heterocycles. The van der Waals surface area contributed by atoms with Gasteiger partial charge in [0.05, 0.1) is 18.0 Å². The maximum absolute atomic E-state index is 12.9. The van der Waals surface area contributed by atoms with Crippen LogP contribution in [-0.4, -0.2) is 15.1 Å². The molecule has 15 heavy (non-hydrogen) atoms. The molecule has 0 atom stereocenters. The first kappa shape index (κ1) is 9.73. The number of benzene rings is 1. The van der Waals surface area contributed by atoms with E-state index in [9.17, 15) is 4.39 Å². The third-order valence-electron chi connectivity index (χ3n) is 2.01. The molecule has 0 aliphatic carbocycles. The Morgan fingerprint density at radius 1 is 1.20 bits per heavy atom. The van der Waals surface area contributed by atoms with Gasteiger partial charge >= 0.3 is 0 Å². The highest BCUT2D eigenvalue weighted by atomic mass is 19.1. The van der Waals surface area contributed by atoms with Gasteiger partial charge in [-0.05, 0) is 18.2 Å². The molecule has 1 aromatic heterocycles. The molecule has 1 N–H and O–H groups in total. The Kier molecular flexibility index (Phi) is 2.69. The van der Waals surface area contributed by atoms with Crippen molar-refractivity contribution in [2.75, 3.05) is 0 Å². The number of aromatic nitrogens is 2. The summed E-state index contributed by atoms with van der Waals surface area (Å²) in [5.41, 5.74) is 1.80.